The smallest absolute Gasteiger partial charge is 0.227 e. The Morgan fingerprint density at radius 2 is 2.05 bits per heavy atom. The molecule has 3 rings (SSSR count). The normalized spacial score (nSPS) is 16.9. The Morgan fingerprint density at radius 1 is 1.25 bits per heavy atom. The second kappa shape index (κ2) is 5.02. The van der Waals surface area contributed by atoms with Crippen LogP contribution in [0.3, 0.4) is 0 Å². The van der Waals surface area contributed by atoms with Gasteiger partial charge in [-0.1, -0.05) is 28.9 Å². The molecule has 2 N–H and O–H groups in total. The molecular formula is C16H21N3O. The van der Waals surface area contributed by atoms with Crippen molar-refractivity contribution in [3.8, 4) is 0 Å². The van der Waals surface area contributed by atoms with Crippen LogP contribution < -0.4 is 5.73 Å². The third kappa shape index (κ3) is 2.48. The molecule has 0 aliphatic heterocycles. The largest absolute Gasteiger partial charge is 0.339 e. The molecule has 1 fully saturated rings. The Hall–Kier alpha value is -1.68. The van der Waals surface area contributed by atoms with Crippen LogP contribution >= 0.6 is 0 Å². The van der Waals surface area contributed by atoms with Crippen LogP contribution in [0.1, 0.15) is 47.7 Å². The van der Waals surface area contributed by atoms with Crippen LogP contribution in [0, 0.1) is 13.8 Å². The van der Waals surface area contributed by atoms with Gasteiger partial charge in [0.15, 0.2) is 5.82 Å². The van der Waals surface area contributed by atoms with E-state index in [4.69, 9.17) is 10.3 Å². The summed E-state index contributed by atoms with van der Waals surface area (Å²) in [5, 5.41) is 4.05. The van der Waals surface area contributed by atoms with Crippen LogP contribution in [0.2, 0.25) is 0 Å². The van der Waals surface area contributed by atoms with E-state index in [2.05, 4.69) is 42.2 Å². The van der Waals surface area contributed by atoms with Crippen molar-refractivity contribution in [2.24, 2.45) is 5.73 Å². The lowest BCUT2D eigenvalue weighted by Gasteiger charge is -2.34. The summed E-state index contributed by atoms with van der Waals surface area (Å²) in [6, 6.07) is 6.53. The van der Waals surface area contributed by atoms with Crippen molar-refractivity contribution < 1.29 is 4.52 Å². The van der Waals surface area contributed by atoms with Gasteiger partial charge in [-0.25, -0.2) is 0 Å². The predicted molar refractivity (Wildman–Crippen MR) is 77.3 cm³/mol. The molecule has 0 unspecified atom stereocenters. The second-order valence-electron chi connectivity index (χ2n) is 5.95. The van der Waals surface area contributed by atoms with Gasteiger partial charge in [0.05, 0.1) is 5.54 Å². The molecule has 0 spiro atoms. The van der Waals surface area contributed by atoms with Crippen molar-refractivity contribution >= 4 is 0 Å². The molecule has 0 saturated heterocycles. The molecule has 106 valence electrons. The summed E-state index contributed by atoms with van der Waals surface area (Å²) in [6.07, 6.45) is 4.77. The number of aromatic nitrogens is 2. The monoisotopic (exact) mass is 271 g/mol. The van der Waals surface area contributed by atoms with E-state index in [0.29, 0.717) is 11.7 Å². The molecule has 1 aromatic carbocycles. The Labute approximate surface area is 119 Å². The van der Waals surface area contributed by atoms with Gasteiger partial charge >= 0.3 is 0 Å². The molecule has 2 aromatic rings. The number of nitrogens with two attached hydrogens (primary N) is 1. The second-order valence-corrected chi connectivity index (χ2v) is 5.95. The minimum absolute atomic E-state index is 0.332. The molecule has 4 heteroatoms. The average Bonchev–Trinajstić information content (AvgIpc) is 2.84. The molecule has 0 radical (unpaired) electrons. The topological polar surface area (TPSA) is 64.9 Å². The maximum Gasteiger partial charge on any atom is 0.227 e. The SMILES string of the molecule is Cc1ccc(CCc2nc(C3(N)CCC3)no2)c(C)c1. The van der Waals surface area contributed by atoms with Gasteiger partial charge in [0.1, 0.15) is 0 Å². The Kier molecular flexibility index (Phi) is 3.34. The van der Waals surface area contributed by atoms with Gasteiger partial charge in [-0.15, -0.1) is 0 Å². The fraction of sp³-hybridized carbons (Fsp3) is 0.500. The van der Waals surface area contributed by atoms with Gasteiger partial charge in [0.25, 0.3) is 0 Å². The Bertz CT molecular complexity index is 614. The highest BCUT2D eigenvalue weighted by molar-refractivity contribution is 5.30. The van der Waals surface area contributed by atoms with Crippen molar-refractivity contribution in [3.05, 3.63) is 46.6 Å². The molecule has 1 heterocycles. The number of aryl methyl sites for hydroxylation is 4. The zero-order chi connectivity index (χ0) is 14.2. The van der Waals surface area contributed by atoms with Crippen LogP contribution in [-0.4, -0.2) is 10.1 Å². The fourth-order valence-corrected chi connectivity index (χ4v) is 2.71. The third-order valence-electron chi connectivity index (χ3n) is 4.27. The molecule has 1 saturated carbocycles. The van der Waals surface area contributed by atoms with E-state index in [1.807, 2.05) is 0 Å². The van der Waals surface area contributed by atoms with E-state index in [-0.39, 0.29) is 5.54 Å². The predicted octanol–water partition coefficient (Wildman–Crippen LogP) is 2.81. The molecule has 0 atom stereocenters. The van der Waals surface area contributed by atoms with Crippen molar-refractivity contribution in [1.29, 1.82) is 0 Å². The van der Waals surface area contributed by atoms with Crippen molar-refractivity contribution in [3.63, 3.8) is 0 Å². The first-order valence-corrected chi connectivity index (χ1v) is 7.25. The fourth-order valence-electron chi connectivity index (χ4n) is 2.71. The minimum Gasteiger partial charge on any atom is -0.339 e. The van der Waals surface area contributed by atoms with Gasteiger partial charge in [-0.05, 0) is 50.7 Å². The third-order valence-corrected chi connectivity index (χ3v) is 4.27. The van der Waals surface area contributed by atoms with Crippen LogP contribution in [0.4, 0.5) is 0 Å². The zero-order valence-corrected chi connectivity index (χ0v) is 12.1. The first kappa shape index (κ1) is 13.3. The summed E-state index contributed by atoms with van der Waals surface area (Å²) in [7, 11) is 0. The first-order chi connectivity index (χ1) is 9.57. The first-order valence-electron chi connectivity index (χ1n) is 7.25. The number of rotatable bonds is 4. The lowest BCUT2D eigenvalue weighted by Crippen LogP contribution is -2.44. The molecule has 0 bridgehead atoms. The van der Waals surface area contributed by atoms with Gasteiger partial charge in [0, 0.05) is 6.42 Å². The Balaban J connectivity index is 1.66. The summed E-state index contributed by atoms with van der Waals surface area (Å²) in [6.45, 7) is 4.26. The van der Waals surface area contributed by atoms with Crippen LogP contribution in [0.25, 0.3) is 0 Å². The van der Waals surface area contributed by atoms with Gasteiger partial charge in [-0.3, -0.25) is 0 Å². The summed E-state index contributed by atoms with van der Waals surface area (Å²) < 4.78 is 5.33. The molecule has 1 aliphatic carbocycles. The number of hydrogen-bond acceptors (Lipinski definition) is 4. The highest BCUT2D eigenvalue weighted by Gasteiger charge is 2.38. The number of hydrogen-bond donors (Lipinski definition) is 1. The maximum atomic E-state index is 6.20. The van der Waals surface area contributed by atoms with Crippen molar-refractivity contribution in [1.82, 2.24) is 10.1 Å². The quantitative estimate of drug-likeness (QED) is 0.928. The lowest BCUT2D eigenvalue weighted by atomic mass is 9.77. The van der Waals surface area contributed by atoms with E-state index >= 15 is 0 Å². The standard InChI is InChI=1S/C16H21N3O/c1-11-4-5-13(12(2)10-11)6-7-14-18-15(19-20-14)16(17)8-3-9-16/h4-5,10H,3,6-9,17H2,1-2H3. The lowest BCUT2D eigenvalue weighted by molar-refractivity contribution is 0.229. The van der Waals surface area contributed by atoms with E-state index in [0.717, 1.165) is 32.1 Å². The summed E-state index contributed by atoms with van der Waals surface area (Å²) in [5.41, 5.74) is 9.81. The molecule has 20 heavy (non-hydrogen) atoms. The highest BCUT2D eigenvalue weighted by atomic mass is 16.5. The summed E-state index contributed by atoms with van der Waals surface area (Å²) >= 11 is 0. The van der Waals surface area contributed by atoms with Crippen molar-refractivity contribution in [2.75, 3.05) is 0 Å². The number of benzene rings is 1. The van der Waals surface area contributed by atoms with E-state index in [9.17, 15) is 0 Å². The molecule has 1 aromatic heterocycles. The van der Waals surface area contributed by atoms with Crippen molar-refractivity contribution in [2.45, 2.75) is 51.5 Å². The number of nitrogens with zero attached hydrogens (tertiary/aromatic N) is 2. The van der Waals surface area contributed by atoms with Gasteiger partial charge in [0.2, 0.25) is 5.89 Å². The molecule has 1 aliphatic rings. The summed E-state index contributed by atoms with van der Waals surface area (Å²) in [5.74, 6) is 1.37. The highest BCUT2D eigenvalue weighted by Crippen LogP contribution is 2.36. The van der Waals surface area contributed by atoms with E-state index in [1.54, 1.807) is 0 Å². The van der Waals surface area contributed by atoms with Crippen LogP contribution in [0.5, 0.6) is 0 Å². The molecule has 0 amide bonds. The minimum atomic E-state index is -0.332. The average molecular weight is 271 g/mol. The zero-order valence-electron chi connectivity index (χ0n) is 12.1. The van der Waals surface area contributed by atoms with Gasteiger partial charge < -0.3 is 10.3 Å². The van der Waals surface area contributed by atoms with Crippen LogP contribution in [-0.2, 0) is 18.4 Å². The molecule has 4 nitrogen and oxygen atoms in total. The van der Waals surface area contributed by atoms with E-state index in [1.165, 1.54) is 16.7 Å². The van der Waals surface area contributed by atoms with Gasteiger partial charge in [-0.2, -0.15) is 4.98 Å². The van der Waals surface area contributed by atoms with Crippen LogP contribution in [0.15, 0.2) is 22.7 Å². The Morgan fingerprint density at radius 3 is 2.70 bits per heavy atom. The molecular weight excluding hydrogens is 250 g/mol. The van der Waals surface area contributed by atoms with E-state index < -0.39 is 0 Å². The summed E-state index contributed by atoms with van der Waals surface area (Å²) in [4.78, 5) is 4.46. The maximum absolute atomic E-state index is 6.20.